The molecular formula is C22H33NO4. The van der Waals surface area contributed by atoms with Gasteiger partial charge in [-0.15, -0.1) is 0 Å². The summed E-state index contributed by atoms with van der Waals surface area (Å²) in [7, 11) is 5.64. The van der Waals surface area contributed by atoms with Crippen LogP contribution in [0.3, 0.4) is 0 Å². The lowest BCUT2D eigenvalue weighted by Crippen LogP contribution is -2.53. The van der Waals surface area contributed by atoms with Crippen molar-refractivity contribution in [2.45, 2.75) is 68.8 Å². The fraction of sp³-hybridized carbons (Fsp3) is 0.727. The molecule has 0 amide bonds. The first kappa shape index (κ1) is 19.0. The maximum absolute atomic E-state index is 6.46. The quantitative estimate of drug-likeness (QED) is 0.784. The molecule has 4 atom stereocenters. The van der Waals surface area contributed by atoms with Crippen LogP contribution in [0.4, 0.5) is 0 Å². The van der Waals surface area contributed by atoms with Gasteiger partial charge in [0.2, 0.25) is 0 Å². The Morgan fingerprint density at radius 2 is 1.96 bits per heavy atom. The second kappa shape index (κ2) is 7.26. The van der Waals surface area contributed by atoms with Crippen LogP contribution in [0.1, 0.15) is 51.0 Å². The molecular weight excluding hydrogens is 342 g/mol. The smallest absolute Gasteiger partial charge is 0.170 e. The number of hydrogen-bond acceptors (Lipinski definition) is 5. The van der Waals surface area contributed by atoms with Gasteiger partial charge in [-0.05, 0) is 50.6 Å². The first-order chi connectivity index (χ1) is 13.1. The van der Waals surface area contributed by atoms with Gasteiger partial charge < -0.3 is 23.8 Å². The molecule has 1 aliphatic carbocycles. The predicted octanol–water partition coefficient (Wildman–Crippen LogP) is 3.74. The highest BCUT2D eigenvalue weighted by atomic mass is 16.7. The van der Waals surface area contributed by atoms with Crippen LogP contribution in [0.2, 0.25) is 0 Å². The Bertz CT molecular complexity index is 680. The average molecular weight is 376 g/mol. The first-order valence-electron chi connectivity index (χ1n) is 10.3. The summed E-state index contributed by atoms with van der Waals surface area (Å²) in [5.74, 6) is 1.22. The Hall–Kier alpha value is -1.30. The van der Waals surface area contributed by atoms with Gasteiger partial charge in [-0.2, -0.15) is 0 Å². The van der Waals surface area contributed by atoms with Crippen LogP contribution in [0.15, 0.2) is 18.2 Å². The van der Waals surface area contributed by atoms with Gasteiger partial charge in [0.1, 0.15) is 0 Å². The minimum atomic E-state index is -0.386. The van der Waals surface area contributed by atoms with E-state index in [-0.39, 0.29) is 17.3 Å². The van der Waals surface area contributed by atoms with Gasteiger partial charge in [0.25, 0.3) is 0 Å². The molecule has 0 radical (unpaired) electrons. The van der Waals surface area contributed by atoms with Crippen molar-refractivity contribution in [2.75, 3.05) is 34.4 Å². The Balaban J connectivity index is 1.62. The number of likely N-dealkylation sites (N-methyl/N-ethyl adjacent to an activating group) is 1. The standard InChI is InChI=1S/C22H33NO4/c1-5-6-17-15-26-22(27-17)10-9-21(11-12-23(2)20(21)14-22)16-7-8-18(24-3)19(13-16)25-4/h7-8,13,17,20H,5-6,9-12,14-15H2,1-4H3/t17?,20-,21-,22+/m0/s1. The van der Waals surface area contributed by atoms with Gasteiger partial charge in [-0.1, -0.05) is 19.4 Å². The molecule has 5 heteroatoms. The molecule has 27 heavy (non-hydrogen) atoms. The molecule has 1 unspecified atom stereocenters. The number of likely N-dealkylation sites (tertiary alicyclic amines) is 1. The molecule has 0 aromatic heterocycles. The van der Waals surface area contributed by atoms with Gasteiger partial charge in [-0.3, -0.25) is 0 Å². The van der Waals surface area contributed by atoms with E-state index in [4.69, 9.17) is 18.9 Å². The number of fused-ring (bicyclic) bond motifs is 1. The Morgan fingerprint density at radius 1 is 1.15 bits per heavy atom. The molecule has 2 heterocycles. The largest absolute Gasteiger partial charge is 0.493 e. The van der Waals surface area contributed by atoms with Crippen LogP contribution in [-0.4, -0.2) is 57.3 Å². The fourth-order valence-electron chi connectivity index (χ4n) is 5.52. The van der Waals surface area contributed by atoms with Crippen molar-refractivity contribution >= 4 is 0 Å². The fourth-order valence-corrected chi connectivity index (χ4v) is 5.52. The average Bonchev–Trinajstić information content (AvgIpc) is 3.24. The molecule has 1 aromatic rings. The van der Waals surface area contributed by atoms with Crippen LogP contribution in [0.25, 0.3) is 0 Å². The number of ether oxygens (including phenoxy) is 4. The lowest BCUT2D eigenvalue weighted by atomic mass is 9.64. The summed E-state index contributed by atoms with van der Waals surface area (Å²) in [6, 6.07) is 6.87. The van der Waals surface area contributed by atoms with E-state index in [0.29, 0.717) is 6.04 Å². The molecule has 1 saturated carbocycles. The maximum atomic E-state index is 6.46. The second-order valence-corrected chi connectivity index (χ2v) is 8.43. The van der Waals surface area contributed by atoms with E-state index in [0.717, 1.165) is 63.2 Å². The Morgan fingerprint density at radius 3 is 2.70 bits per heavy atom. The molecule has 150 valence electrons. The summed E-state index contributed by atoms with van der Waals surface area (Å²) in [5, 5.41) is 0. The van der Waals surface area contributed by atoms with E-state index in [1.165, 1.54) is 5.56 Å². The normalized spacial score (nSPS) is 36.1. The third-order valence-corrected chi connectivity index (χ3v) is 7.02. The van der Waals surface area contributed by atoms with E-state index >= 15 is 0 Å². The summed E-state index contributed by atoms with van der Waals surface area (Å²) in [4.78, 5) is 2.50. The summed E-state index contributed by atoms with van der Waals surface area (Å²) in [6.07, 6.45) is 6.64. The molecule has 5 nitrogen and oxygen atoms in total. The van der Waals surface area contributed by atoms with E-state index < -0.39 is 0 Å². The van der Waals surface area contributed by atoms with Crippen molar-refractivity contribution in [1.29, 1.82) is 0 Å². The molecule has 1 aromatic carbocycles. The van der Waals surface area contributed by atoms with E-state index in [2.05, 4.69) is 31.0 Å². The molecule has 3 fully saturated rings. The highest BCUT2D eigenvalue weighted by molar-refractivity contribution is 5.46. The monoisotopic (exact) mass is 375 g/mol. The van der Waals surface area contributed by atoms with E-state index in [1.807, 2.05) is 6.07 Å². The highest BCUT2D eigenvalue weighted by Crippen LogP contribution is 2.54. The van der Waals surface area contributed by atoms with Gasteiger partial charge in [0.05, 0.1) is 26.9 Å². The Kier molecular flexibility index (Phi) is 5.12. The highest BCUT2D eigenvalue weighted by Gasteiger charge is 2.57. The minimum Gasteiger partial charge on any atom is -0.493 e. The number of nitrogens with zero attached hydrogens (tertiary/aromatic N) is 1. The van der Waals surface area contributed by atoms with Crippen molar-refractivity contribution in [2.24, 2.45) is 0 Å². The number of benzene rings is 1. The molecule has 2 aliphatic heterocycles. The number of rotatable bonds is 5. The van der Waals surface area contributed by atoms with Gasteiger partial charge in [-0.25, -0.2) is 0 Å². The summed E-state index contributed by atoms with van der Waals surface area (Å²) < 4.78 is 23.8. The van der Waals surface area contributed by atoms with Crippen LogP contribution < -0.4 is 9.47 Å². The van der Waals surface area contributed by atoms with Gasteiger partial charge in [0.15, 0.2) is 17.3 Å². The Labute approximate surface area is 162 Å². The second-order valence-electron chi connectivity index (χ2n) is 8.43. The van der Waals surface area contributed by atoms with Crippen LogP contribution in [0, 0.1) is 0 Å². The summed E-state index contributed by atoms with van der Waals surface area (Å²) in [5.41, 5.74) is 1.49. The molecule has 2 saturated heterocycles. The third kappa shape index (κ3) is 3.14. The maximum Gasteiger partial charge on any atom is 0.170 e. The lowest BCUT2D eigenvalue weighted by molar-refractivity contribution is -0.204. The minimum absolute atomic E-state index is 0.134. The van der Waals surface area contributed by atoms with E-state index in [1.54, 1.807) is 14.2 Å². The summed E-state index contributed by atoms with van der Waals surface area (Å²) in [6.45, 7) is 4.06. The van der Waals surface area contributed by atoms with Crippen molar-refractivity contribution in [1.82, 2.24) is 4.90 Å². The van der Waals surface area contributed by atoms with Gasteiger partial charge >= 0.3 is 0 Å². The summed E-state index contributed by atoms with van der Waals surface area (Å²) >= 11 is 0. The third-order valence-electron chi connectivity index (χ3n) is 7.02. The zero-order chi connectivity index (χ0) is 19.1. The van der Waals surface area contributed by atoms with Crippen molar-refractivity contribution < 1.29 is 18.9 Å². The van der Waals surface area contributed by atoms with Crippen molar-refractivity contribution in [3.63, 3.8) is 0 Å². The number of hydrogen-bond donors (Lipinski definition) is 0. The molecule has 0 N–H and O–H groups in total. The number of methoxy groups -OCH3 is 2. The van der Waals surface area contributed by atoms with Crippen LogP contribution in [0.5, 0.6) is 11.5 Å². The van der Waals surface area contributed by atoms with Crippen molar-refractivity contribution in [3.8, 4) is 11.5 Å². The van der Waals surface area contributed by atoms with Crippen molar-refractivity contribution in [3.05, 3.63) is 23.8 Å². The SMILES string of the molecule is CCCC1CO[C@]2(CC[C@@]3(c4ccc(OC)c(OC)c4)CCN(C)[C@H]3C2)O1. The molecule has 3 aliphatic rings. The topological polar surface area (TPSA) is 40.2 Å². The molecule has 1 spiro atoms. The first-order valence-corrected chi connectivity index (χ1v) is 10.3. The zero-order valence-corrected chi connectivity index (χ0v) is 17.1. The molecule has 4 rings (SSSR count). The zero-order valence-electron chi connectivity index (χ0n) is 17.1. The molecule has 0 bridgehead atoms. The lowest BCUT2D eigenvalue weighted by Gasteiger charge is -2.48. The van der Waals surface area contributed by atoms with Crippen LogP contribution in [-0.2, 0) is 14.9 Å². The predicted molar refractivity (Wildman–Crippen MR) is 105 cm³/mol. The van der Waals surface area contributed by atoms with E-state index in [9.17, 15) is 0 Å². The van der Waals surface area contributed by atoms with Crippen LogP contribution >= 0.6 is 0 Å². The van der Waals surface area contributed by atoms with Gasteiger partial charge in [0, 0.05) is 24.3 Å².